The fourth-order valence-corrected chi connectivity index (χ4v) is 4.19. The number of ether oxygens (including phenoxy) is 1. The van der Waals surface area contributed by atoms with E-state index in [1.165, 1.54) is 17.0 Å². The van der Waals surface area contributed by atoms with Gasteiger partial charge in [0.15, 0.2) is 0 Å². The Balaban J connectivity index is 1.38. The highest BCUT2D eigenvalue weighted by atomic mass is 32.1. The van der Waals surface area contributed by atoms with Gasteiger partial charge in [0.05, 0.1) is 6.04 Å². The van der Waals surface area contributed by atoms with Crippen LogP contribution in [0.5, 0.6) is 5.75 Å². The van der Waals surface area contributed by atoms with Crippen molar-refractivity contribution in [3.8, 4) is 5.75 Å². The molecular formula is C20H25FN2O2S. The Morgan fingerprint density at radius 1 is 1.31 bits per heavy atom. The van der Waals surface area contributed by atoms with Gasteiger partial charge in [-0.1, -0.05) is 6.07 Å². The highest BCUT2D eigenvalue weighted by Gasteiger charge is 2.34. The third-order valence-electron chi connectivity index (χ3n) is 4.76. The van der Waals surface area contributed by atoms with Gasteiger partial charge >= 0.3 is 0 Å². The Bertz CT molecular complexity index is 690. The average Bonchev–Trinajstić information content (AvgIpc) is 3.29. The fourth-order valence-electron chi connectivity index (χ4n) is 3.41. The van der Waals surface area contributed by atoms with Crippen LogP contribution in [0.4, 0.5) is 4.39 Å². The summed E-state index contributed by atoms with van der Waals surface area (Å²) in [7, 11) is 0. The highest BCUT2D eigenvalue weighted by molar-refractivity contribution is 7.10. The van der Waals surface area contributed by atoms with Crippen LogP contribution in [-0.2, 0) is 4.79 Å². The molecule has 1 fully saturated rings. The van der Waals surface area contributed by atoms with Gasteiger partial charge < -0.3 is 15.0 Å². The second-order valence-electron chi connectivity index (χ2n) is 6.53. The number of thiophene rings is 1. The molecule has 6 heteroatoms. The minimum Gasteiger partial charge on any atom is -0.492 e. The molecule has 0 bridgehead atoms. The predicted molar refractivity (Wildman–Crippen MR) is 102 cm³/mol. The SMILES string of the molecule is C[C@H](c1cccs1)N1C(=O)CC[C@H]1CCNCCOc1ccc(F)cc1. The van der Waals surface area contributed by atoms with Gasteiger partial charge in [-0.05, 0) is 62.0 Å². The number of carbonyl (C=O) groups is 1. The summed E-state index contributed by atoms with van der Waals surface area (Å²) in [4.78, 5) is 15.6. The van der Waals surface area contributed by atoms with Crippen molar-refractivity contribution >= 4 is 17.2 Å². The maximum atomic E-state index is 12.8. The lowest BCUT2D eigenvalue weighted by Crippen LogP contribution is -2.37. The van der Waals surface area contributed by atoms with E-state index in [2.05, 4.69) is 28.6 Å². The highest BCUT2D eigenvalue weighted by Crippen LogP contribution is 2.33. The van der Waals surface area contributed by atoms with E-state index in [1.54, 1.807) is 23.5 Å². The van der Waals surface area contributed by atoms with Crippen molar-refractivity contribution in [1.29, 1.82) is 0 Å². The number of carbonyl (C=O) groups excluding carboxylic acids is 1. The second kappa shape index (κ2) is 9.14. The topological polar surface area (TPSA) is 41.6 Å². The molecule has 3 rings (SSSR count). The molecule has 1 aromatic heterocycles. The van der Waals surface area contributed by atoms with Gasteiger partial charge in [0.25, 0.3) is 0 Å². The van der Waals surface area contributed by atoms with E-state index in [1.807, 2.05) is 6.07 Å². The van der Waals surface area contributed by atoms with Crippen LogP contribution in [-0.4, -0.2) is 36.5 Å². The van der Waals surface area contributed by atoms with E-state index in [-0.39, 0.29) is 17.8 Å². The largest absolute Gasteiger partial charge is 0.492 e. The first-order chi connectivity index (χ1) is 12.6. The molecule has 1 aromatic carbocycles. The summed E-state index contributed by atoms with van der Waals surface area (Å²) in [5.41, 5.74) is 0. The van der Waals surface area contributed by atoms with E-state index >= 15 is 0 Å². The Labute approximate surface area is 158 Å². The summed E-state index contributed by atoms with van der Waals surface area (Å²) < 4.78 is 18.4. The molecule has 4 nitrogen and oxygen atoms in total. The van der Waals surface area contributed by atoms with Crippen molar-refractivity contribution in [2.24, 2.45) is 0 Å². The normalized spacial score (nSPS) is 18.3. The Hall–Kier alpha value is -1.92. The molecule has 0 saturated carbocycles. The first-order valence-corrected chi connectivity index (χ1v) is 9.97. The Kier molecular flexibility index (Phi) is 6.63. The van der Waals surface area contributed by atoms with Crippen LogP contribution >= 0.6 is 11.3 Å². The molecular weight excluding hydrogens is 351 g/mol. The summed E-state index contributed by atoms with van der Waals surface area (Å²) in [5.74, 6) is 0.670. The zero-order chi connectivity index (χ0) is 18.4. The molecule has 26 heavy (non-hydrogen) atoms. The summed E-state index contributed by atoms with van der Waals surface area (Å²) in [6.45, 7) is 4.22. The molecule has 1 aliphatic heterocycles. The van der Waals surface area contributed by atoms with E-state index in [9.17, 15) is 9.18 Å². The molecule has 2 heterocycles. The van der Waals surface area contributed by atoms with Crippen molar-refractivity contribution in [2.45, 2.75) is 38.3 Å². The first-order valence-electron chi connectivity index (χ1n) is 9.09. The van der Waals surface area contributed by atoms with Crippen LogP contribution in [0.3, 0.4) is 0 Å². The maximum absolute atomic E-state index is 12.8. The third kappa shape index (κ3) is 4.83. The zero-order valence-electron chi connectivity index (χ0n) is 15.0. The van der Waals surface area contributed by atoms with Crippen molar-refractivity contribution in [3.05, 3.63) is 52.5 Å². The van der Waals surface area contributed by atoms with Crippen molar-refractivity contribution in [1.82, 2.24) is 10.2 Å². The molecule has 0 spiro atoms. The van der Waals surface area contributed by atoms with E-state index in [0.29, 0.717) is 24.8 Å². The summed E-state index contributed by atoms with van der Waals surface area (Å²) in [5, 5.41) is 5.43. The van der Waals surface area contributed by atoms with Crippen molar-refractivity contribution < 1.29 is 13.9 Å². The van der Waals surface area contributed by atoms with Gasteiger partial charge in [-0.3, -0.25) is 4.79 Å². The van der Waals surface area contributed by atoms with Crippen molar-refractivity contribution in [2.75, 3.05) is 19.7 Å². The van der Waals surface area contributed by atoms with Crippen LogP contribution in [0.2, 0.25) is 0 Å². The van der Waals surface area contributed by atoms with Crippen LogP contribution in [0.25, 0.3) is 0 Å². The minimum absolute atomic E-state index is 0.150. The molecule has 1 saturated heterocycles. The number of hydrogen-bond donors (Lipinski definition) is 1. The monoisotopic (exact) mass is 376 g/mol. The lowest BCUT2D eigenvalue weighted by Gasteiger charge is -2.30. The number of benzene rings is 1. The summed E-state index contributed by atoms with van der Waals surface area (Å²) in [6, 6.07) is 10.6. The molecule has 2 aromatic rings. The van der Waals surface area contributed by atoms with Gasteiger partial charge in [-0.25, -0.2) is 4.39 Å². The zero-order valence-corrected chi connectivity index (χ0v) is 15.8. The maximum Gasteiger partial charge on any atom is 0.223 e. The minimum atomic E-state index is -0.261. The van der Waals surface area contributed by atoms with E-state index in [0.717, 1.165) is 25.9 Å². The standard InChI is InChI=1S/C20H25FN2O2S/c1-15(19-3-2-14-26-19)23-17(6-9-20(23)24)10-11-22-12-13-25-18-7-4-16(21)5-8-18/h2-5,7-8,14-15,17,22H,6,9-13H2,1H3/t15-,17+/m1/s1. The number of rotatable bonds is 9. The molecule has 1 aliphatic rings. The van der Waals surface area contributed by atoms with Crippen molar-refractivity contribution in [3.63, 3.8) is 0 Å². The van der Waals surface area contributed by atoms with E-state index < -0.39 is 0 Å². The average molecular weight is 376 g/mol. The molecule has 0 radical (unpaired) electrons. The Morgan fingerprint density at radius 2 is 2.12 bits per heavy atom. The van der Waals surface area contributed by atoms with Gasteiger partial charge in [0.1, 0.15) is 18.2 Å². The lowest BCUT2D eigenvalue weighted by atomic mass is 10.1. The third-order valence-corrected chi connectivity index (χ3v) is 5.80. The molecule has 1 N–H and O–H groups in total. The number of hydrogen-bond acceptors (Lipinski definition) is 4. The van der Waals surface area contributed by atoms with Crippen LogP contribution in [0.1, 0.15) is 37.1 Å². The summed E-state index contributed by atoms with van der Waals surface area (Å²) in [6.07, 6.45) is 2.52. The van der Waals surface area contributed by atoms with Gasteiger partial charge in [0, 0.05) is 23.9 Å². The molecule has 2 atom stereocenters. The van der Waals surface area contributed by atoms with Gasteiger partial charge in [0.2, 0.25) is 5.91 Å². The molecule has 0 unspecified atom stereocenters. The number of likely N-dealkylation sites (tertiary alicyclic amines) is 1. The fraction of sp³-hybridized carbons (Fsp3) is 0.450. The molecule has 1 amide bonds. The number of halogens is 1. The quantitative estimate of drug-likeness (QED) is 0.673. The van der Waals surface area contributed by atoms with Crippen LogP contribution in [0.15, 0.2) is 41.8 Å². The Morgan fingerprint density at radius 3 is 2.85 bits per heavy atom. The van der Waals surface area contributed by atoms with Crippen LogP contribution < -0.4 is 10.1 Å². The second-order valence-corrected chi connectivity index (χ2v) is 7.51. The van der Waals surface area contributed by atoms with Gasteiger partial charge in [-0.15, -0.1) is 11.3 Å². The van der Waals surface area contributed by atoms with Gasteiger partial charge in [-0.2, -0.15) is 0 Å². The molecule has 140 valence electrons. The number of nitrogens with zero attached hydrogens (tertiary/aromatic N) is 1. The lowest BCUT2D eigenvalue weighted by molar-refractivity contribution is -0.131. The molecule has 0 aliphatic carbocycles. The van der Waals surface area contributed by atoms with E-state index in [4.69, 9.17) is 4.74 Å². The summed E-state index contributed by atoms with van der Waals surface area (Å²) >= 11 is 1.71. The predicted octanol–water partition coefficient (Wildman–Crippen LogP) is 4.00. The number of nitrogens with one attached hydrogen (secondary N) is 1. The smallest absolute Gasteiger partial charge is 0.223 e. The van der Waals surface area contributed by atoms with Crippen LogP contribution in [0, 0.1) is 5.82 Å². The first kappa shape index (κ1) is 18.9. The number of amides is 1.